The van der Waals surface area contributed by atoms with E-state index in [4.69, 9.17) is 40.8 Å². The van der Waals surface area contributed by atoms with Crippen molar-refractivity contribution in [3.63, 3.8) is 0 Å². The van der Waals surface area contributed by atoms with Gasteiger partial charge in [-0.25, -0.2) is 19.8 Å². The smallest absolute Gasteiger partial charge is 0.328 e. The first-order valence-corrected chi connectivity index (χ1v) is 9.52. The predicted molar refractivity (Wildman–Crippen MR) is 114 cm³/mol. The summed E-state index contributed by atoms with van der Waals surface area (Å²) in [4.78, 5) is 16.8. The van der Waals surface area contributed by atoms with E-state index in [1.807, 2.05) is 59.9 Å². The fourth-order valence-corrected chi connectivity index (χ4v) is 3.33. The number of aromatic nitrogens is 4. The van der Waals surface area contributed by atoms with Gasteiger partial charge in [0, 0.05) is 40.6 Å². The summed E-state index contributed by atoms with van der Waals surface area (Å²) in [5.74, 6) is 0. The third kappa shape index (κ3) is 6.89. The van der Waals surface area contributed by atoms with Crippen LogP contribution in [0.5, 0.6) is 0 Å². The Kier molecular flexibility index (Phi) is 10.4. The quantitative estimate of drug-likeness (QED) is 0.211. The molecule has 0 spiro atoms. The summed E-state index contributed by atoms with van der Waals surface area (Å²) in [6, 6.07) is 24.8. The van der Waals surface area contributed by atoms with E-state index in [0.717, 1.165) is 22.5 Å². The van der Waals surface area contributed by atoms with E-state index in [0.29, 0.717) is 0 Å². The number of hydrogen-bond donors (Lipinski definition) is 3. The van der Waals surface area contributed by atoms with Crippen LogP contribution in [0.4, 0.5) is 0 Å². The van der Waals surface area contributed by atoms with Gasteiger partial charge in [0.05, 0.1) is 11.4 Å². The molecule has 4 aromatic rings. The van der Waals surface area contributed by atoms with Crippen LogP contribution in [0, 0.1) is 28.9 Å². The van der Waals surface area contributed by atoms with Gasteiger partial charge in [-0.05, 0) is 26.0 Å². The summed E-state index contributed by atoms with van der Waals surface area (Å²) < 4.78 is 4.00. The van der Waals surface area contributed by atoms with Crippen molar-refractivity contribution < 1.29 is 42.9 Å². The van der Waals surface area contributed by atoms with Gasteiger partial charge in [-0.2, -0.15) is 10.2 Å². The van der Waals surface area contributed by atoms with Gasteiger partial charge in [0.25, 0.3) is 5.09 Å². The first-order valence-electron chi connectivity index (χ1n) is 9.52. The molecule has 0 aliphatic rings. The Hall–Kier alpha value is -4.22. The zero-order valence-corrected chi connectivity index (χ0v) is 19.1. The van der Waals surface area contributed by atoms with Gasteiger partial charge >= 0.3 is 5.09 Å². The van der Waals surface area contributed by atoms with Crippen LogP contribution in [0.2, 0.25) is 0 Å². The van der Waals surface area contributed by atoms with Crippen molar-refractivity contribution in [3.8, 4) is 0 Å². The van der Waals surface area contributed by atoms with E-state index in [-0.39, 0.29) is 17.1 Å². The number of nitrogens with zero attached hydrogens (tertiary/aromatic N) is 6. The molecule has 12 nitrogen and oxygen atoms in total. The molecule has 0 saturated carbocycles. The molecule has 0 saturated heterocycles. The van der Waals surface area contributed by atoms with Crippen molar-refractivity contribution >= 4 is 0 Å². The zero-order valence-electron chi connectivity index (χ0n) is 18.1. The normalized spacial score (nSPS) is 9.94. The molecule has 4 rings (SSSR count). The Balaban J connectivity index is 0.000000563. The molecule has 183 valence electrons. The summed E-state index contributed by atoms with van der Waals surface area (Å²) >= 11 is 0. The Morgan fingerprint density at radius 3 is 1.26 bits per heavy atom. The Bertz CT molecular complexity index is 1080. The van der Waals surface area contributed by atoms with E-state index in [1.165, 1.54) is 0 Å². The van der Waals surface area contributed by atoms with Gasteiger partial charge in [0.15, 0.2) is 0 Å². The van der Waals surface area contributed by atoms with Gasteiger partial charge in [-0.3, -0.25) is 0 Å². The largest absolute Gasteiger partial charge is 0.472 e. The molecule has 1 radical (unpaired) electrons. The van der Waals surface area contributed by atoms with Crippen LogP contribution in [-0.2, 0) is 22.7 Å². The fourth-order valence-electron chi connectivity index (χ4n) is 3.33. The Morgan fingerprint density at radius 1 is 0.735 bits per heavy atom. The fraction of sp³-hybridized carbons (Fsp3) is 0.143. The van der Waals surface area contributed by atoms with Gasteiger partial charge in [-0.15, -0.1) is 10.1 Å². The van der Waals surface area contributed by atoms with Crippen molar-refractivity contribution in [2.45, 2.75) is 19.5 Å². The van der Waals surface area contributed by atoms with Crippen molar-refractivity contribution in [1.82, 2.24) is 19.6 Å². The molecule has 34 heavy (non-hydrogen) atoms. The molecule has 0 bridgehead atoms. The maximum absolute atomic E-state index is 8.47. The molecule has 0 atom stereocenters. The maximum Gasteiger partial charge on any atom is 0.472 e. The van der Waals surface area contributed by atoms with Crippen LogP contribution in [0.15, 0.2) is 85.2 Å². The van der Waals surface area contributed by atoms with E-state index < -0.39 is 15.8 Å². The molecule has 2 aromatic heterocycles. The van der Waals surface area contributed by atoms with Crippen LogP contribution >= 0.6 is 0 Å². The molecular formula is C21H23CuN6O6+. The molecule has 2 heterocycles. The van der Waals surface area contributed by atoms with E-state index in [9.17, 15) is 0 Å². The van der Waals surface area contributed by atoms with E-state index >= 15 is 0 Å². The van der Waals surface area contributed by atoms with Crippen LogP contribution < -0.4 is 0 Å². The average molecular weight is 519 g/mol. The van der Waals surface area contributed by atoms with Crippen LogP contribution in [0.25, 0.3) is 0 Å². The second kappa shape index (κ2) is 12.7. The second-order valence-electron chi connectivity index (χ2n) is 6.70. The molecule has 0 unspecified atom stereocenters. The van der Waals surface area contributed by atoms with Gasteiger partial charge in [-0.1, -0.05) is 60.7 Å². The summed E-state index contributed by atoms with van der Waals surface area (Å²) in [7, 11) is 0. The first-order chi connectivity index (χ1) is 15.7. The molecule has 0 fully saturated rings. The third-order valence-electron chi connectivity index (χ3n) is 4.46. The molecule has 3 N–H and O–H groups in total. The van der Waals surface area contributed by atoms with Crippen molar-refractivity contribution in [1.29, 1.82) is 0 Å². The molecular weight excluding hydrogens is 496 g/mol. The number of aryl methyl sites for hydroxylation is 2. The van der Waals surface area contributed by atoms with Gasteiger partial charge in [0.1, 0.15) is 4.91 Å². The standard InChI is InChI=1S/C21H20N4.Cu.H2NO3.HNO3/c1-17-13-15-24(22-17)21(19-9-5-3-6-10-19,20-11-7-4-8-12-20)25-16-14-18(2)23-25;;2*2-1(3)4/h3-16H,1-2H3;;(H2,2,3,4);(H,2,3,4)/q;;+1;. The van der Waals surface area contributed by atoms with Crippen molar-refractivity contribution in [3.05, 3.63) is 123 Å². The number of hydrogen-bond acceptors (Lipinski definition) is 5. The van der Waals surface area contributed by atoms with Crippen molar-refractivity contribution in [2.24, 2.45) is 0 Å². The maximum atomic E-state index is 8.47. The summed E-state index contributed by atoms with van der Waals surface area (Å²) in [5, 5.41) is 35.7. The summed E-state index contributed by atoms with van der Waals surface area (Å²) in [6.07, 6.45) is 4.04. The van der Waals surface area contributed by atoms with Crippen molar-refractivity contribution in [2.75, 3.05) is 0 Å². The molecule has 2 aromatic carbocycles. The summed E-state index contributed by atoms with van der Waals surface area (Å²) in [5.41, 5.74) is 3.48. The molecule has 0 aliphatic heterocycles. The zero-order chi connectivity index (χ0) is 24.4. The van der Waals surface area contributed by atoms with E-state index in [1.54, 1.807) is 0 Å². The van der Waals surface area contributed by atoms with E-state index in [2.05, 4.69) is 48.5 Å². The van der Waals surface area contributed by atoms with Gasteiger partial charge < -0.3 is 5.21 Å². The van der Waals surface area contributed by atoms with Crippen LogP contribution in [0.3, 0.4) is 0 Å². The minimum Gasteiger partial charge on any atom is -0.328 e. The SMILES string of the molecule is Cc1ccn(C(c2ccccc2)(c2ccccc2)n2ccc(C)n2)n1.O=[N+](O)O.O=[N+]([O-])O.[Cu]. The van der Waals surface area contributed by atoms with Crippen LogP contribution in [0.1, 0.15) is 22.5 Å². The molecule has 0 aliphatic carbocycles. The number of rotatable bonds is 4. The van der Waals surface area contributed by atoms with Gasteiger partial charge in [0.2, 0.25) is 5.66 Å². The monoisotopic (exact) mass is 518 g/mol. The predicted octanol–water partition coefficient (Wildman–Crippen LogP) is 3.19. The third-order valence-corrected chi connectivity index (χ3v) is 4.46. The average Bonchev–Trinajstić information content (AvgIpc) is 3.39. The first kappa shape index (κ1) is 27.8. The molecule has 0 amide bonds. The minimum absolute atomic E-state index is 0. The topological polar surface area (TPSA) is 160 Å². The Morgan fingerprint density at radius 2 is 1.03 bits per heavy atom. The minimum atomic E-state index is -1.50. The second-order valence-corrected chi connectivity index (χ2v) is 6.70. The van der Waals surface area contributed by atoms with Crippen LogP contribution in [-0.4, -0.2) is 45.4 Å². The summed E-state index contributed by atoms with van der Waals surface area (Å²) in [6.45, 7) is 4.01. The number of benzene rings is 2. The molecule has 13 heteroatoms. The Labute approximate surface area is 204 Å².